The van der Waals surface area contributed by atoms with Crippen LogP contribution < -0.4 is 0 Å². The average molecular weight is 255 g/mol. The van der Waals surface area contributed by atoms with Gasteiger partial charge in [0.2, 0.25) is 0 Å². The summed E-state index contributed by atoms with van der Waals surface area (Å²) in [6.45, 7) is 0. The van der Waals surface area contributed by atoms with E-state index in [1.54, 1.807) is 0 Å². The predicted octanol–water partition coefficient (Wildman–Crippen LogP) is 2.67. The number of halogens is 5. The Morgan fingerprint density at radius 1 is 1.41 bits per heavy atom. The monoisotopic (exact) mass is 255 g/mol. The minimum absolute atomic E-state index is 0.527. The largest absolute Gasteiger partial charge is 0.481 e. The molecule has 0 spiro atoms. The van der Waals surface area contributed by atoms with Crippen molar-refractivity contribution in [3.8, 4) is 0 Å². The van der Waals surface area contributed by atoms with Gasteiger partial charge < -0.3 is 5.11 Å². The van der Waals surface area contributed by atoms with E-state index in [0.717, 1.165) is 6.20 Å². The highest BCUT2D eigenvalue weighted by atomic mass is 19.4. The Bertz CT molecular complexity index is 430. The Balaban J connectivity index is 3.40. The van der Waals surface area contributed by atoms with E-state index < -0.39 is 41.8 Å². The van der Waals surface area contributed by atoms with Crippen molar-refractivity contribution < 1.29 is 31.9 Å². The van der Waals surface area contributed by atoms with Gasteiger partial charge in [-0.05, 0) is 6.07 Å². The number of hydrogen-bond donors (Lipinski definition) is 1. The van der Waals surface area contributed by atoms with Crippen LogP contribution in [-0.2, 0) is 17.4 Å². The summed E-state index contributed by atoms with van der Waals surface area (Å²) < 4.78 is 62.5. The molecular formula is C9H6F5NO2. The van der Waals surface area contributed by atoms with Crippen LogP contribution in [0.15, 0.2) is 12.3 Å². The molecule has 1 rings (SSSR count). The van der Waals surface area contributed by atoms with Crippen LogP contribution in [0.1, 0.15) is 23.2 Å². The van der Waals surface area contributed by atoms with Gasteiger partial charge in [-0.2, -0.15) is 13.2 Å². The Morgan fingerprint density at radius 3 is 2.41 bits per heavy atom. The van der Waals surface area contributed by atoms with Crippen molar-refractivity contribution >= 4 is 5.97 Å². The first-order valence-electron chi connectivity index (χ1n) is 4.28. The zero-order valence-corrected chi connectivity index (χ0v) is 8.13. The molecule has 1 heterocycles. The van der Waals surface area contributed by atoms with Crippen LogP contribution >= 0.6 is 0 Å². The molecule has 94 valence electrons. The van der Waals surface area contributed by atoms with Crippen LogP contribution in [0.5, 0.6) is 0 Å². The van der Waals surface area contributed by atoms with E-state index in [0.29, 0.717) is 6.07 Å². The molecule has 0 bridgehead atoms. The van der Waals surface area contributed by atoms with Gasteiger partial charge in [0.1, 0.15) is 0 Å². The van der Waals surface area contributed by atoms with Gasteiger partial charge in [0.25, 0.3) is 6.43 Å². The second kappa shape index (κ2) is 4.64. The lowest BCUT2D eigenvalue weighted by molar-refractivity contribution is -0.141. The SMILES string of the molecule is O=C(O)Cc1nccc(C(F)F)c1C(F)(F)F. The molecule has 0 fully saturated rings. The number of pyridine rings is 1. The quantitative estimate of drug-likeness (QED) is 0.845. The maximum Gasteiger partial charge on any atom is 0.418 e. The second-order valence-corrected chi connectivity index (χ2v) is 3.09. The highest BCUT2D eigenvalue weighted by molar-refractivity contribution is 5.70. The molecule has 8 heteroatoms. The first kappa shape index (κ1) is 13.3. The maximum absolute atomic E-state index is 12.6. The Hall–Kier alpha value is -1.73. The second-order valence-electron chi connectivity index (χ2n) is 3.09. The van der Waals surface area contributed by atoms with E-state index in [1.165, 1.54) is 0 Å². The molecule has 0 atom stereocenters. The summed E-state index contributed by atoms with van der Waals surface area (Å²) in [6.07, 6.45) is -8.74. The Morgan fingerprint density at radius 2 is 2.00 bits per heavy atom. The number of nitrogens with zero attached hydrogens (tertiary/aromatic N) is 1. The molecule has 0 aliphatic heterocycles. The van der Waals surface area contributed by atoms with Gasteiger partial charge in [0.05, 0.1) is 17.7 Å². The zero-order valence-electron chi connectivity index (χ0n) is 8.13. The number of carbonyl (C=O) groups is 1. The van der Waals surface area contributed by atoms with Crippen molar-refractivity contribution in [2.45, 2.75) is 19.0 Å². The molecular weight excluding hydrogens is 249 g/mol. The van der Waals surface area contributed by atoms with Crippen LogP contribution in [0.3, 0.4) is 0 Å². The Labute approximate surface area is 91.9 Å². The lowest BCUT2D eigenvalue weighted by Gasteiger charge is -2.15. The molecule has 0 unspecified atom stereocenters. The molecule has 0 aliphatic rings. The van der Waals surface area contributed by atoms with Gasteiger partial charge in [0.15, 0.2) is 0 Å². The van der Waals surface area contributed by atoms with Crippen LogP contribution in [0.25, 0.3) is 0 Å². The minimum Gasteiger partial charge on any atom is -0.481 e. The summed E-state index contributed by atoms with van der Waals surface area (Å²) >= 11 is 0. The first-order chi connectivity index (χ1) is 7.73. The maximum atomic E-state index is 12.6. The van der Waals surface area contributed by atoms with E-state index >= 15 is 0 Å². The van der Waals surface area contributed by atoms with Crippen molar-refractivity contribution in [2.75, 3.05) is 0 Å². The molecule has 0 amide bonds. The van der Waals surface area contributed by atoms with Gasteiger partial charge in [-0.25, -0.2) is 8.78 Å². The number of aromatic nitrogens is 1. The molecule has 0 saturated heterocycles. The van der Waals surface area contributed by atoms with Crippen molar-refractivity contribution in [3.05, 3.63) is 29.1 Å². The molecule has 0 aliphatic carbocycles. The van der Waals surface area contributed by atoms with Crippen LogP contribution in [0, 0.1) is 0 Å². The smallest absolute Gasteiger partial charge is 0.418 e. The highest BCUT2D eigenvalue weighted by Gasteiger charge is 2.39. The summed E-state index contributed by atoms with van der Waals surface area (Å²) in [6, 6.07) is 0.527. The molecule has 1 aromatic rings. The molecule has 17 heavy (non-hydrogen) atoms. The number of carboxylic acid groups (broad SMARTS) is 1. The van der Waals surface area contributed by atoms with Crippen molar-refractivity contribution in [2.24, 2.45) is 0 Å². The van der Waals surface area contributed by atoms with Gasteiger partial charge >= 0.3 is 12.1 Å². The van der Waals surface area contributed by atoms with Gasteiger partial charge in [-0.15, -0.1) is 0 Å². The topological polar surface area (TPSA) is 50.2 Å². The van der Waals surface area contributed by atoms with Crippen molar-refractivity contribution in [1.29, 1.82) is 0 Å². The fourth-order valence-corrected chi connectivity index (χ4v) is 1.31. The van der Waals surface area contributed by atoms with Crippen LogP contribution in [0.4, 0.5) is 22.0 Å². The minimum atomic E-state index is -5.06. The molecule has 3 nitrogen and oxygen atoms in total. The average Bonchev–Trinajstić information content (AvgIpc) is 2.14. The van der Waals surface area contributed by atoms with E-state index in [-0.39, 0.29) is 0 Å². The lowest BCUT2D eigenvalue weighted by Crippen LogP contribution is -2.17. The fraction of sp³-hybridized carbons (Fsp3) is 0.333. The van der Waals surface area contributed by atoms with Crippen LogP contribution in [-0.4, -0.2) is 16.1 Å². The summed E-state index contributed by atoms with van der Waals surface area (Å²) in [5.41, 5.74) is -3.84. The summed E-state index contributed by atoms with van der Waals surface area (Å²) in [4.78, 5) is 13.5. The van der Waals surface area contributed by atoms with Crippen molar-refractivity contribution in [1.82, 2.24) is 4.98 Å². The molecule has 1 N–H and O–H groups in total. The van der Waals surface area contributed by atoms with Gasteiger partial charge in [0, 0.05) is 11.8 Å². The summed E-state index contributed by atoms with van der Waals surface area (Å²) in [5.74, 6) is -1.57. The highest BCUT2D eigenvalue weighted by Crippen LogP contribution is 2.37. The van der Waals surface area contributed by atoms with Crippen LogP contribution in [0.2, 0.25) is 0 Å². The third kappa shape index (κ3) is 3.11. The molecule has 0 aromatic carbocycles. The van der Waals surface area contributed by atoms with E-state index in [4.69, 9.17) is 5.11 Å². The number of carboxylic acids is 1. The Kier molecular flexibility index (Phi) is 3.64. The standard InChI is InChI=1S/C9H6F5NO2/c10-8(11)4-1-2-15-5(3-6(16)17)7(4)9(12,13)14/h1-2,8H,3H2,(H,16,17). The molecule has 1 aromatic heterocycles. The number of alkyl halides is 5. The third-order valence-corrected chi connectivity index (χ3v) is 1.90. The van der Waals surface area contributed by atoms with Crippen molar-refractivity contribution in [3.63, 3.8) is 0 Å². The number of rotatable bonds is 3. The third-order valence-electron chi connectivity index (χ3n) is 1.90. The predicted molar refractivity (Wildman–Crippen MR) is 45.5 cm³/mol. The normalized spacial score (nSPS) is 11.9. The van der Waals surface area contributed by atoms with E-state index in [9.17, 15) is 26.7 Å². The van der Waals surface area contributed by atoms with Gasteiger partial charge in [-0.3, -0.25) is 9.78 Å². The zero-order chi connectivity index (χ0) is 13.2. The number of hydrogen-bond acceptors (Lipinski definition) is 2. The summed E-state index contributed by atoms with van der Waals surface area (Å²) in [5, 5.41) is 8.39. The summed E-state index contributed by atoms with van der Waals surface area (Å²) in [7, 11) is 0. The van der Waals surface area contributed by atoms with E-state index in [2.05, 4.69) is 4.98 Å². The molecule has 0 radical (unpaired) electrons. The van der Waals surface area contributed by atoms with Gasteiger partial charge in [-0.1, -0.05) is 0 Å². The van der Waals surface area contributed by atoms with E-state index in [1.807, 2.05) is 0 Å². The lowest BCUT2D eigenvalue weighted by atomic mass is 10.0. The first-order valence-corrected chi connectivity index (χ1v) is 4.28. The molecule has 0 saturated carbocycles. The fourth-order valence-electron chi connectivity index (χ4n) is 1.31. The number of aliphatic carboxylic acids is 1.